The molecule has 0 atom stereocenters. The van der Waals surface area contributed by atoms with E-state index in [4.69, 9.17) is 0 Å². The van der Waals surface area contributed by atoms with Gasteiger partial charge in [-0.15, -0.1) is 11.3 Å². The number of thiophene rings is 1. The van der Waals surface area contributed by atoms with Crippen molar-refractivity contribution >= 4 is 28.1 Å². The molecular formula is C16H14N2OS. The highest BCUT2D eigenvalue weighted by atomic mass is 32.1. The number of benzene rings is 1. The molecule has 0 spiro atoms. The molecule has 100 valence electrons. The Labute approximate surface area is 121 Å². The van der Waals surface area contributed by atoms with Crippen molar-refractivity contribution in [3.05, 3.63) is 64.5 Å². The van der Waals surface area contributed by atoms with Crippen LogP contribution in [-0.2, 0) is 6.54 Å². The lowest BCUT2D eigenvalue weighted by Crippen LogP contribution is -2.26. The molecule has 3 nitrogen and oxygen atoms in total. The Morgan fingerprint density at radius 3 is 2.85 bits per heavy atom. The highest BCUT2D eigenvalue weighted by Gasteiger charge is 2.15. The van der Waals surface area contributed by atoms with Gasteiger partial charge >= 0.3 is 0 Å². The van der Waals surface area contributed by atoms with E-state index < -0.39 is 0 Å². The third-order valence-electron chi connectivity index (χ3n) is 3.18. The lowest BCUT2D eigenvalue weighted by atomic mass is 10.1. The summed E-state index contributed by atoms with van der Waals surface area (Å²) < 4.78 is 0. The van der Waals surface area contributed by atoms with Crippen molar-refractivity contribution in [1.29, 1.82) is 0 Å². The molecule has 20 heavy (non-hydrogen) atoms. The molecule has 4 heteroatoms. The zero-order chi connectivity index (χ0) is 13.9. The molecule has 0 bridgehead atoms. The molecule has 0 unspecified atom stereocenters. The van der Waals surface area contributed by atoms with E-state index in [-0.39, 0.29) is 5.91 Å². The van der Waals surface area contributed by atoms with Crippen molar-refractivity contribution in [2.75, 3.05) is 7.05 Å². The van der Waals surface area contributed by atoms with Crippen molar-refractivity contribution in [3.63, 3.8) is 0 Å². The Bertz CT molecular complexity index is 732. The van der Waals surface area contributed by atoms with Gasteiger partial charge in [0.2, 0.25) is 0 Å². The normalized spacial score (nSPS) is 10.7. The van der Waals surface area contributed by atoms with Crippen LogP contribution in [0, 0.1) is 0 Å². The van der Waals surface area contributed by atoms with Gasteiger partial charge in [0.15, 0.2) is 0 Å². The highest BCUT2D eigenvalue weighted by molar-refractivity contribution is 7.09. The van der Waals surface area contributed by atoms with Crippen LogP contribution in [-0.4, -0.2) is 22.8 Å². The zero-order valence-corrected chi connectivity index (χ0v) is 11.9. The predicted octanol–water partition coefficient (Wildman–Crippen LogP) is 3.57. The number of carbonyl (C=O) groups excluding carboxylic acids is 1. The summed E-state index contributed by atoms with van der Waals surface area (Å²) in [5, 5.41) is 3.01. The second-order valence-corrected chi connectivity index (χ2v) is 5.65. The number of pyridine rings is 1. The summed E-state index contributed by atoms with van der Waals surface area (Å²) in [7, 11) is 1.82. The summed E-state index contributed by atoms with van der Waals surface area (Å²) in [5.74, 6) is 0.00250. The molecular weight excluding hydrogens is 268 g/mol. The number of rotatable bonds is 3. The number of amides is 1. The van der Waals surface area contributed by atoms with Gasteiger partial charge in [-0.3, -0.25) is 9.78 Å². The minimum atomic E-state index is 0.00250. The first-order valence-corrected chi connectivity index (χ1v) is 7.25. The van der Waals surface area contributed by atoms with Crippen molar-refractivity contribution in [2.24, 2.45) is 0 Å². The Morgan fingerprint density at radius 1 is 1.20 bits per heavy atom. The standard InChI is InChI=1S/C16H14N2OS/c1-18(11-13-7-4-10-20-13)16(19)14-8-2-5-12-6-3-9-17-15(12)14/h2-10H,11H2,1H3. The van der Waals surface area contributed by atoms with Gasteiger partial charge in [0.1, 0.15) is 0 Å². The van der Waals surface area contributed by atoms with Crippen LogP contribution in [0.15, 0.2) is 54.0 Å². The Morgan fingerprint density at radius 2 is 2.05 bits per heavy atom. The molecule has 0 radical (unpaired) electrons. The number of nitrogens with zero attached hydrogens (tertiary/aromatic N) is 2. The average molecular weight is 282 g/mol. The van der Waals surface area contributed by atoms with E-state index in [2.05, 4.69) is 4.98 Å². The topological polar surface area (TPSA) is 33.2 Å². The smallest absolute Gasteiger partial charge is 0.256 e. The van der Waals surface area contributed by atoms with Crippen LogP contribution in [0.5, 0.6) is 0 Å². The molecule has 0 aliphatic heterocycles. The second-order valence-electron chi connectivity index (χ2n) is 4.62. The number of fused-ring (bicyclic) bond motifs is 1. The maximum atomic E-state index is 12.6. The van der Waals surface area contributed by atoms with Crippen LogP contribution in [0.2, 0.25) is 0 Å². The quantitative estimate of drug-likeness (QED) is 0.736. The predicted molar refractivity (Wildman–Crippen MR) is 81.9 cm³/mol. The lowest BCUT2D eigenvalue weighted by molar-refractivity contribution is 0.0788. The van der Waals surface area contributed by atoms with Crippen LogP contribution < -0.4 is 0 Å². The lowest BCUT2D eigenvalue weighted by Gasteiger charge is -2.17. The maximum Gasteiger partial charge on any atom is 0.256 e. The van der Waals surface area contributed by atoms with Crippen LogP contribution in [0.3, 0.4) is 0 Å². The first-order chi connectivity index (χ1) is 9.75. The molecule has 0 N–H and O–H groups in total. The number of hydrogen-bond acceptors (Lipinski definition) is 3. The molecule has 3 rings (SSSR count). The number of hydrogen-bond donors (Lipinski definition) is 0. The van der Waals surface area contributed by atoms with E-state index >= 15 is 0 Å². The molecule has 0 aliphatic carbocycles. The minimum Gasteiger partial charge on any atom is -0.336 e. The SMILES string of the molecule is CN(Cc1cccs1)C(=O)c1cccc2cccnc12. The summed E-state index contributed by atoms with van der Waals surface area (Å²) in [6.07, 6.45) is 1.72. The fraction of sp³-hybridized carbons (Fsp3) is 0.125. The Balaban J connectivity index is 1.92. The van der Waals surface area contributed by atoms with Crippen molar-refractivity contribution < 1.29 is 4.79 Å². The molecule has 3 aromatic rings. The van der Waals surface area contributed by atoms with Gasteiger partial charge in [0.05, 0.1) is 17.6 Å². The molecule has 1 aromatic carbocycles. The van der Waals surface area contributed by atoms with E-state index in [0.29, 0.717) is 12.1 Å². The number of para-hydroxylation sites is 1. The summed E-state index contributed by atoms with van der Waals surface area (Å²) in [6, 6.07) is 13.6. The zero-order valence-electron chi connectivity index (χ0n) is 11.1. The molecule has 2 heterocycles. The van der Waals surface area contributed by atoms with Crippen LogP contribution in [0.4, 0.5) is 0 Å². The van der Waals surface area contributed by atoms with Crippen molar-refractivity contribution in [1.82, 2.24) is 9.88 Å². The van der Waals surface area contributed by atoms with Gasteiger partial charge in [0.25, 0.3) is 5.91 Å². The largest absolute Gasteiger partial charge is 0.336 e. The summed E-state index contributed by atoms with van der Waals surface area (Å²) in [4.78, 5) is 19.8. The summed E-state index contributed by atoms with van der Waals surface area (Å²) in [5.41, 5.74) is 1.42. The molecule has 1 amide bonds. The average Bonchev–Trinajstić information content (AvgIpc) is 2.99. The van der Waals surface area contributed by atoms with Crippen LogP contribution >= 0.6 is 11.3 Å². The van der Waals surface area contributed by atoms with Gasteiger partial charge in [-0.25, -0.2) is 0 Å². The van der Waals surface area contributed by atoms with Gasteiger partial charge in [-0.1, -0.05) is 24.3 Å². The second kappa shape index (κ2) is 5.43. The third kappa shape index (κ3) is 2.42. The summed E-state index contributed by atoms with van der Waals surface area (Å²) >= 11 is 1.66. The molecule has 0 saturated heterocycles. The Hall–Kier alpha value is -2.20. The summed E-state index contributed by atoms with van der Waals surface area (Å²) in [6.45, 7) is 0.625. The van der Waals surface area contributed by atoms with Crippen LogP contribution in [0.1, 0.15) is 15.2 Å². The number of aromatic nitrogens is 1. The van der Waals surface area contributed by atoms with Gasteiger partial charge in [0, 0.05) is 23.5 Å². The van der Waals surface area contributed by atoms with E-state index in [1.165, 1.54) is 4.88 Å². The van der Waals surface area contributed by atoms with Gasteiger partial charge in [-0.2, -0.15) is 0 Å². The monoisotopic (exact) mass is 282 g/mol. The van der Waals surface area contributed by atoms with E-state index in [1.54, 1.807) is 22.4 Å². The van der Waals surface area contributed by atoms with E-state index in [0.717, 1.165) is 10.9 Å². The molecule has 2 aromatic heterocycles. The molecule has 0 aliphatic rings. The van der Waals surface area contributed by atoms with Crippen LogP contribution in [0.25, 0.3) is 10.9 Å². The van der Waals surface area contributed by atoms with E-state index in [1.807, 2.05) is 54.9 Å². The number of carbonyl (C=O) groups is 1. The van der Waals surface area contributed by atoms with Gasteiger partial charge < -0.3 is 4.90 Å². The Kier molecular flexibility index (Phi) is 3.48. The van der Waals surface area contributed by atoms with Crippen molar-refractivity contribution in [2.45, 2.75) is 6.54 Å². The van der Waals surface area contributed by atoms with Gasteiger partial charge in [-0.05, 0) is 23.6 Å². The third-order valence-corrected chi connectivity index (χ3v) is 4.04. The first-order valence-electron chi connectivity index (χ1n) is 6.37. The highest BCUT2D eigenvalue weighted by Crippen LogP contribution is 2.19. The first kappa shape index (κ1) is 12.8. The fourth-order valence-electron chi connectivity index (χ4n) is 2.19. The molecule has 0 saturated carbocycles. The van der Waals surface area contributed by atoms with E-state index in [9.17, 15) is 4.79 Å². The van der Waals surface area contributed by atoms with Crippen molar-refractivity contribution in [3.8, 4) is 0 Å². The maximum absolute atomic E-state index is 12.6. The minimum absolute atomic E-state index is 0.00250. The fourth-order valence-corrected chi connectivity index (χ4v) is 2.95. The molecule has 0 fully saturated rings.